The molecule has 0 spiro atoms. The Morgan fingerprint density at radius 2 is 2.00 bits per heavy atom. The highest BCUT2D eigenvalue weighted by Gasteiger charge is 2.21. The quantitative estimate of drug-likeness (QED) is 0.623. The van der Waals surface area contributed by atoms with E-state index >= 15 is 0 Å². The molecule has 27 heavy (non-hydrogen) atoms. The van der Waals surface area contributed by atoms with Crippen LogP contribution in [-0.4, -0.2) is 48.1 Å². The van der Waals surface area contributed by atoms with Crippen LogP contribution in [0.5, 0.6) is 0 Å². The Morgan fingerprint density at radius 1 is 1.26 bits per heavy atom. The summed E-state index contributed by atoms with van der Waals surface area (Å²) in [6.45, 7) is 4.76. The van der Waals surface area contributed by atoms with E-state index in [1.165, 1.54) is 23.2 Å². The molecule has 2 aromatic heterocycles. The Bertz CT molecular complexity index is 924. The summed E-state index contributed by atoms with van der Waals surface area (Å²) in [6, 6.07) is 10.5. The van der Waals surface area contributed by atoms with Crippen molar-refractivity contribution in [2.24, 2.45) is 0 Å². The number of carbonyl (C=O) groups is 1. The van der Waals surface area contributed by atoms with Crippen LogP contribution >= 0.6 is 11.3 Å². The van der Waals surface area contributed by atoms with Gasteiger partial charge in [0.05, 0.1) is 18.0 Å². The molecule has 0 amide bonds. The number of hydrogen-bond donors (Lipinski definition) is 1. The summed E-state index contributed by atoms with van der Waals surface area (Å²) in [6.07, 6.45) is 1.53. The number of aromatic nitrogens is 2. The van der Waals surface area contributed by atoms with E-state index in [1.54, 1.807) is 6.92 Å². The Morgan fingerprint density at radius 3 is 2.67 bits per heavy atom. The zero-order valence-corrected chi connectivity index (χ0v) is 16.8. The van der Waals surface area contributed by atoms with E-state index in [0.717, 1.165) is 21.6 Å². The fraction of sp³-hybridized carbons (Fsp3) is 0.350. The molecule has 0 bridgehead atoms. The summed E-state index contributed by atoms with van der Waals surface area (Å²) in [5.41, 5.74) is 2.09. The van der Waals surface area contributed by atoms with Crippen molar-refractivity contribution in [2.75, 3.05) is 32.6 Å². The topological polar surface area (TPSA) is 67.3 Å². The van der Waals surface area contributed by atoms with E-state index in [4.69, 9.17) is 4.74 Å². The number of fused-ring (bicyclic) bond motifs is 1. The van der Waals surface area contributed by atoms with Crippen molar-refractivity contribution in [3.05, 3.63) is 52.7 Å². The second-order valence-electron chi connectivity index (χ2n) is 6.45. The highest BCUT2D eigenvalue weighted by Crippen LogP contribution is 2.34. The fourth-order valence-electron chi connectivity index (χ4n) is 3.06. The van der Waals surface area contributed by atoms with Crippen molar-refractivity contribution < 1.29 is 9.53 Å². The van der Waals surface area contributed by atoms with Crippen LogP contribution in [0.15, 0.2) is 36.7 Å². The molecule has 0 aliphatic carbocycles. The Hall–Kier alpha value is -2.51. The van der Waals surface area contributed by atoms with Crippen LogP contribution in [0.1, 0.15) is 33.8 Å². The number of nitrogens with one attached hydrogen (secondary N) is 1. The first-order valence-electron chi connectivity index (χ1n) is 8.89. The van der Waals surface area contributed by atoms with E-state index in [2.05, 4.69) is 46.4 Å². The molecular weight excluding hydrogens is 360 g/mol. The third-order valence-corrected chi connectivity index (χ3v) is 5.64. The molecule has 0 saturated heterocycles. The standard InChI is InChI=1S/C20H24N4O2S/c1-5-26-20(25)17-13(2)16-18(22-12-23-19(16)27-17)21-11-15(24(3)4)14-9-7-6-8-10-14/h6-10,12,15H,5,11H2,1-4H3,(H,21,22,23). The first kappa shape index (κ1) is 19.3. The van der Waals surface area contributed by atoms with Gasteiger partial charge in [-0.15, -0.1) is 11.3 Å². The number of hydrogen-bond acceptors (Lipinski definition) is 7. The number of ether oxygens (including phenoxy) is 1. The minimum absolute atomic E-state index is 0.194. The van der Waals surface area contributed by atoms with Gasteiger partial charge in [-0.25, -0.2) is 14.8 Å². The maximum atomic E-state index is 12.2. The average molecular weight is 385 g/mol. The van der Waals surface area contributed by atoms with Gasteiger partial charge in [0.25, 0.3) is 0 Å². The summed E-state index contributed by atoms with van der Waals surface area (Å²) in [4.78, 5) is 24.5. The zero-order valence-electron chi connectivity index (χ0n) is 16.0. The lowest BCUT2D eigenvalue weighted by Crippen LogP contribution is -2.27. The lowest BCUT2D eigenvalue weighted by Gasteiger charge is -2.25. The minimum Gasteiger partial charge on any atom is -0.462 e. The average Bonchev–Trinajstić information content (AvgIpc) is 3.00. The summed E-state index contributed by atoms with van der Waals surface area (Å²) < 4.78 is 5.16. The van der Waals surface area contributed by atoms with Crippen LogP contribution < -0.4 is 5.32 Å². The fourth-order valence-corrected chi connectivity index (χ4v) is 4.11. The van der Waals surface area contributed by atoms with Crippen LogP contribution in [0.4, 0.5) is 5.82 Å². The highest BCUT2D eigenvalue weighted by molar-refractivity contribution is 7.20. The molecule has 2 heterocycles. The number of aryl methyl sites for hydroxylation is 1. The molecule has 6 nitrogen and oxygen atoms in total. The van der Waals surface area contributed by atoms with Gasteiger partial charge < -0.3 is 15.0 Å². The molecule has 3 rings (SSSR count). The van der Waals surface area contributed by atoms with E-state index in [-0.39, 0.29) is 12.0 Å². The van der Waals surface area contributed by atoms with Crippen molar-refractivity contribution in [3.8, 4) is 0 Å². The van der Waals surface area contributed by atoms with Crippen molar-refractivity contribution in [1.82, 2.24) is 14.9 Å². The van der Waals surface area contributed by atoms with Gasteiger partial charge in [0.15, 0.2) is 0 Å². The third kappa shape index (κ3) is 4.09. The summed E-state index contributed by atoms with van der Waals surface area (Å²) in [7, 11) is 4.12. The van der Waals surface area contributed by atoms with E-state index in [1.807, 2.05) is 25.1 Å². The van der Waals surface area contributed by atoms with Gasteiger partial charge in [-0.3, -0.25) is 0 Å². The SMILES string of the molecule is CCOC(=O)c1sc2ncnc(NCC(c3ccccc3)N(C)C)c2c1C. The molecule has 3 aromatic rings. The number of nitrogens with zero attached hydrogens (tertiary/aromatic N) is 3. The number of carbonyl (C=O) groups excluding carboxylic acids is 1. The van der Waals surface area contributed by atoms with Crippen molar-refractivity contribution in [3.63, 3.8) is 0 Å². The second kappa shape index (κ2) is 8.45. The number of thiophene rings is 1. The molecule has 1 N–H and O–H groups in total. The lowest BCUT2D eigenvalue weighted by atomic mass is 10.1. The predicted octanol–water partition coefficient (Wildman–Crippen LogP) is 3.89. The Labute approximate surface area is 163 Å². The molecule has 142 valence electrons. The maximum Gasteiger partial charge on any atom is 0.348 e. The van der Waals surface area contributed by atoms with Gasteiger partial charge in [0, 0.05) is 6.54 Å². The highest BCUT2D eigenvalue weighted by atomic mass is 32.1. The van der Waals surface area contributed by atoms with Gasteiger partial charge in [-0.1, -0.05) is 30.3 Å². The summed E-state index contributed by atoms with van der Waals surface area (Å²) in [5.74, 6) is 0.437. The number of anilines is 1. The molecule has 0 fully saturated rings. The molecule has 0 radical (unpaired) electrons. The Kier molecular flexibility index (Phi) is 6.03. The van der Waals surface area contributed by atoms with Crippen LogP contribution in [-0.2, 0) is 4.74 Å². The second-order valence-corrected chi connectivity index (χ2v) is 7.45. The van der Waals surface area contributed by atoms with Gasteiger partial charge in [-0.2, -0.15) is 0 Å². The first-order valence-corrected chi connectivity index (χ1v) is 9.71. The maximum absolute atomic E-state index is 12.2. The van der Waals surface area contributed by atoms with Crippen LogP contribution in [0.3, 0.4) is 0 Å². The smallest absolute Gasteiger partial charge is 0.348 e. The van der Waals surface area contributed by atoms with Gasteiger partial charge in [-0.05, 0) is 39.1 Å². The largest absolute Gasteiger partial charge is 0.462 e. The van der Waals surface area contributed by atoms with Crippen molar-refractivity contribution in [2.45, 2.75) is 19.9 Å². The van der Waals surface area contributed by atoms with E-state index in [0.29, 0.717) is 18.0 Å². The zero-order chi connectivity index (χ0) is 19.4. The van der Waals surface area contributed by atoms with Crippen molar-refractivity contribution >= 4 is 33.3 Å². The molecule has 1 unspecified atom stereocenters. The van der Waals surface area contributed by atoms with Crippen LogP contribution in [0, 0.1) is 6.92 Å². The molecule has 1 atom stereocenters. The normalized spacial score (nSPS) is 12.3. The molecule has 0 aliphatic heterocycles. The molecule has 1 aromatic carbocycles. The third-order valence-electron chi connectivity index (χ3n) is 4.46. The predicted molar refractivity (Wildman–Crippen MR) is 109 cm³/mol. The molecule has 7 heteroatoms. The van der Waals surface area contributed by atoms with Gasteiger partial charge in [0.1, 0.15) is 21.9 Å². The van der Waals surface area contributed by atoms with E-state index < -0.39 is 0 Å². The summed E-state index contributed by atoms with van der Waals surface area (Å²) in [5, 5.41) is 4.34. The molecule has 0 aliphatic rings. The van der Waals surface area contributed by atoms with Crippen LogP contribution in [0.25, 0.3) is 10.2 Å². The van der Waals surface area contributed by atoms with Gasteiger partial charge >= 0.3 is 5.97 Å². The number of benzene rings is 1. The molecular formula is C20H24N4O2S. The summed E-state index contributed by atoms with van der Waals surface area (Å²) >= 11 is 1.35. The first-order chi connectivity index (χ1) is 13.0. The van der Waals surface area contributed by atoms with E-state index in [9.17, 15) is 4.79 Å². The number of likely N-dealkylation sites (N-methyl/N-ethyl adjacent to an activating group) is 1. The lowest BCUT2D eigenvalue weighted by molar-refractivity contribution is 0.0531. The number of esters is 1. The number of rotatable bonds is 7. The minimum atomic E-state index is -0.306. The Balaban J connectivity index is 1.89. The van der Waals surface area contributed by atoms with Crippen molar-refractivity contribution in [1.29, 1.82) is 0 Å². The van der Waals surface area contributed by atoms with Gasteiger partial charge in [0.2, 0.25) is 0 Å². The van der Waals surface area contributed by atoms with Crippen LogP contribution in [0.2, 0.25) is 0 Å². The monoisotopic (exact) mass is 384 g/mol. The molecule has 0 saturated carbocycles.